The van der Waals surface area contributed by atoms with Crippen LogP contribution in [0, 0.1) is 0 Å². The van der Waals surface area contributed by atoms with Crippen LogP contribution in [0.4, 0.5) is 0 Å². The van der Waals surface area contributed by atoms with Crippen molar-refractivity contribution in [1.29, 1.82) is 0 Å². The van der Waals surface area contributed by atoms with Crippen LogP contribution in [0.1, 0.15) is 36.8 Å². The molecule has 2 aliphatic rings. The monoisotopic (exact) mass is 496 g/mol. The van der Waals surface area contributed by atoms with Crippen molar-refractivity contribution < 1.29 is 14.2 Å². The first-order valence-corrected chi connectivity index (χ1v) is 13.7. The lowest BCUT2D eigenvalue weighted by atomic mass is 9.89. The molecule has 5 nitrogen and oxygen atoms in total. The van der Waals surface area contributed by atoms with Gasteiger partial charge in [0.05, 0.1) is 13.2 Å². The number of hydrogen-bond acceptors (Lipinski definition) is 5. The maximum atomic E-state index is 6.24. The van der Waals surface area contributed by atoms with E-state index in [4.69, 9.17) is 14.2 Å². The predicted molar refractivity (Wildman–Crippen MR) is 149 cm³/mol. The summed E-state index contributed by atoms with van der Waals surface area (Å²) in [6.45, 7) is 3.65. The summed E-state index contributed by atoms with van der Waals surface area (Å²) in [7, 11) is 0. The molecule has 1 aliphatic heterocycles. The Morgan fingerprint density at radius 3 is 1.54 bits per heavy atom. The first kappa shape index (κ1) is 24.2. The molecule has 37 heavy (non-hydrogen) atoms. The highest BCUT2D eigenvalue weighted by Gasteiger charge is 2.25. The van der Waals surface area contributed by atoms with Crippen LogP contribution in [0.15, 0.2) is 72.8 Å². The van der Waals surface area contributed by atoms with Crippen LogP contribution in [0.25, 0.3) is 21.5 Å². The van der Waals surface area contributed by atoms with Crippen LogP contribution in [-0.4, -0.2) is 38.5 Å². The zero-order chi connectivity index (χ0) is 24.9. The molecule has 0 spiro atoms. The van der Waals surface area contributed by atoms with E-state index in [0.29, 0.717) is 38.5 Å². The van der Waals surface area contributed by atoms with Crippen molar-refractivity contribution in [2.45, 2.75) is 50.9 Å². The smallest absolute Gasteiger partial charge is 0.124 e. The van der Waals surface area contributed by atoms with Gasteiger partial charge in [-0.2, -0.15) is 0 Å². The summed E-state index contributed by atoms with van der Waals surface area (Å²) in [6.07, 6.45) is 4.86. The normalized spacial score (nSPS) is 21.6. The Morgan fingerprint density at radius 1 is 0.541 bits per heavy atom. The minimum absolute atomic E-state index is 0.402. The molecule has 4 aromatic rings. The van der Waals surface area contributed by atoms with E-state index in [2.05, 4.69) is 83.4 Å². The highest BCUT2D eigenvalue weighted by Crippen LogP contribution is 2.31. The van der Waals surface area contributed by atoms with Gasteiger partial charge in [-0.15, -0.1) is 0 Å². The van der Waals surface area contributed by atoms with Gasteiger partial charge in [0.1, 0.15) is 24.7 Å². The van der Waals surface area contributed by atoms with Gasteiger partial charge >= 0.3 is 0 Å². The van der Waals surface area contributed by atoms with Gasteiger partial charge in [0.25, 0.3) is 0 Å². The van der Waals surface area contributed by atoms with E-state index in [0.717, 1.165) is 24.6 Å². The van der Waals surface area contributed by atoms with Gasteiger partial charge in [0.15, 0.2) is 0 Å². The van der Waals surface area contributed by atoms with Crippen molar-refractivity contribution in [2.24, 2.45) is 0 Å². The Kier molecular flexibility index (Phi) is 7.54. The summed E-state index contributed by atoms with van der Waals surface area (Å²) in [6, 6.07) is 26.5. The van der Waals surface area contributed by atoms with Crippen LogP contribution in [0.5, 0.6) is 11.5 Å². The minimum atomic E-state index is 0.402. The van der Waals surface area contributed by atoms with E-state index in [1.54, 1.807) is 0 Å². The maximum absolute atomic E-state index is 6.24. The molecular formula is C32H36N2O3. The average molecular weight is 497 g/mol. The fourth-order valence-electron chi connectivity index (χ4n) is 5.88. The van der Waals surface area contributed by atoms with Crippen molar-refractivity contribution in [3.8, 4) is 11.5 Å². The molecule has 1 heterocycles. The molecule has 2 atom stereocenters. The fraction of sp³-hybridized carbons (Fsp3) is 0.375. The zero-order valence-corrected chi connectivity index (χ0v) is 21.4. The molecule has 5 heteroatoms. The SMILES string of the molecule is c1ccc2c3c(ccc2c1)OCCOCCOc1ccc2ccccc2c1CN[C@@H]1CCCC[C@H]1NC3. The molecule has 0 saturated heterocycles. The number of fused-ring (bicyclic) bond motifs is 7. The van der Waals surface area contributed by atoms with Crippen molar-refractivity contribution in [3.05, 3.63) is 83.9 Å². The van der Waals surface area contributed by atoms with Crippen molar-refractivity contribution in [2.75, 3.05) is 26.4 Å². The van der Waals surface area contributed by atoms with Crippen LogP contribution in [-0.2, 0) is 17.8 Å². The number of rotatable bonds is 0. The fourth-order valence-corrected chi connectivity index (χ4v) is 5.88. The maximum Gasteiger partial charge on any atom is 0.124 e. The Morgan fingerprint density at radius 2 is 1.03 bits per heavy atom. The van der Waals surface area contributed by atoms with Crippen LogP contribution >= 0.6 is 0 Å². The largest absolute Gasteiger partial charge is 0.491 e. The summed E-state index contributed by atoms with van der Waals surface area (Å²) in [5, 5.41) is 12.8. The van der Waals surface area contributed by atoms with Gasteiger partial charge in [0.2, 0.25) is 0 Å². The van der Waals surface area contributed by atoms with Gasteiger partial charge in [0, 0.05) is 36.3 Å². The molecular weight excluding hydrogens is 460 g/mol. The third kappa shape index (κ3) is 5.45. The van der Waals surface area contributed by atoms with Crippen molar-refractivity contribution >= 4 is 21.5 Å². The second-order valence-electron chi connectivity index (χ2n) is 10.1. The molecule has 0 aromatic heterocycles. The molecule has 2 N–H and O–H groups in total. The van der Waals surface area contributed by atoms with E-state index < -0.39 is 0 Å². The van der Waals surface area contributed by atoms with Crippen molar-refractivity contribution in [1.82, 2.24) is 10.6 Å². The molecule has 0 amide bonds. The minimum Gasteiger partial charge on any atom is -0.491 e. The zero-order valence-electron chi connectivity index (χ0n) is 21.4. The van der Waals surface area contributed by atoms with Gasteiger partial charge in [-0.1, -0.05) is 73.5 Å². The second kappa shape index (κ2) is 11.5. The van der Waals surface area contributed by atoms with Gasteiger partial charge < -0.3 is 24.8 Å². The molecule has 1 aliphatic carbocycles. The predicted octanol–water partition coefficient (Wildman–Crippen LogP) is 5.97. The number of ether oxygens (including phenoxy) is 3. The van der Waals surface area contributed by atoms with Gasteiger partial charge in [-0.05, 0) is 46.5 Å². The lowest BCUT2D eigenvalue weighted by molar-refractivity contribution is 0.0760. The Hall–Kier alpha value is -3.12. The quantitative estimate of drug-likeness (QED) is 0.314. The second-order valence-corrected chi connectivity index (χ2v) is 10.1. The molecule has 1 saturated carbocycles. The van der Waals surface area contributed by atoms with Gasteiger partial charge in [-0.3, -0.25) is 0 Å². The number of benzene rings is 4. The lowest BCUT2D eigenvalue weighted by Gasteiger charge is -2.34. The summed E-state index contributed by atoms with van der Waals surface area (Å²) in [5.41, 5.74) is 2.46. The van der Waals surface area contributed by atoms with Crippen LogP contribution < -0.4 is 20.1 Å². The van der Waals surface area contributed by atoms with E-state index in [9.17, 15) is 0 Å². The Balaban J connectivity index is 1.30. The average Bonchev–Trinajstić information content (AvgIpc) is 2.95. The van der Waals surface area contributed by atoms with Gasteiger partial charge in [-0.25, -0.2) is 0 Å². The topological polar surface area (TPSA) is 51.8 Å². The first-order chi connectivity index (χ1) is 18.4. The summed E-state index contributed by atoms with van der Waals surface area (Å²) in [4.78, 5) is 0. The third-order valence-electron chi connectivity index (χ3n) is 7.81. The lowest BCUT2D eigenvalue weighted by Crippen LogP contribution is -2.49. The summed E-state index contributed by atoms with van der Waals surface area (Å²) < 4.78 is 18.3. The molecule has 0 radical (unpaired) electrons. The summed E-state index contributed by atoms with van der Waals surface area (Å²) in [5.74, 6) is 1.88. The molecule has 192 valence electrons. The third-order valence-corrected chi connectivity index (χ3v) is 7.81. The highest BCUT2D eigenvalue weighted by molar-refractivity contribution is 5.88. The van der Waals surface area contributed by atoms with Crippen LogP contribution in [0.3, 0.4) is 0 Å². The molecule has 6 rings (SSSR count). The molecule has 4 aromatic carbocycles. The molecule has 0 unspecified atom stereocenters. The number of hydrogen-bond donors (Lipinski definition) is 2. The number of nitrogens with one attached hydrogen (secondary N) is 2. The first-order valence-electron chi connectivity index (χ1n) is 13.7. The molecule has 1 fully saturated rings. The highest BCUT2D eigenvalue weighted by atomic mass is 16.5. The summed E-state index contributed by atoms with van der Waals surface area (Å²) >= 11 is 0. The van der Waals surface area contributed by atoms with E-state index in [-0.39, 0.29) is 0 Å². The van der Waals surface area contributed by atoms with E-state index in [1.165, 1.54) is 58.4 Å². The van der Waals surface area contributed by atoms with E-state index in [1.807, 2.05) is 0 Å². The molecule has 0 bridgehead atoms. The standard InChI is InChI=1S/C32H36N2O3/c1-3-9-25-23(7-1)13-15-31-27(25)21-33-29-11-5-6-12-30(29)34-22-28-26-10-4-2-8-24(26)14-16-32(28)37-20-18-35-17-19-36-31/h1-4,7-10,13-16,29-30,33-34H,5-6,11-12,17-22H2/t29-,30-/m1/s1. The van der Waals surface area contributed by atoms with E-state index >= 15 is 0 Å². The Bertz CT molecular complexity index is 1250. The van der Waals surface area contributed by atoms with Crippen molar-refractivity contribution in [3.63, 3.8) is 0 Å². The Labute approximate surface area is 219 Å². The van der Waals surface area contributed by atoms with Crippen LogP contribution in [0.2, 0.25) is 0 Å².